The van der Waals surface area contributed by atoms with Crippen molar-refractivity contribution in [3.05, 3.63) is 29.3 Å². The number of carbonyl (C=O) groups excluding carboxylic acids is 3. The SMILES string of the molecule is CC(=O)Nc1cccc2c1C(=O)NC(=O)C2. The normalized spacial score (nSPS) is 14.1. The molecule has 0 fully saturated rings. The Hall–Kier alpha value is -2.17. The van der Waals surface area contributed by atoms with Crippen LogP contribution in [-0.2, 0) is 16.0 Å². The first-order chi connectivity index (χ1) is 7.58. The average molecular weight is 218 g/mol. The van der Waals surface area contributed by atoms with Crippen LogP contribution in [0.2, 0.25) is 0 Å². The number of amides is 3. The molecule has 1 heterocycles. The van der Waals surface area contributed by atoms with Gasteiger partial charge in [-0.1, -0.05) is 12.1 Å². The fourth-order valence-electron chi connectivity index (χ4n) is 1.72. The molecule has 0 spiro atoms. The van der Waals surface area contributed by atoms with E-state index in [1.165, 1.54) is 6.92 Å². The molecule has 2 rings (SSSR count). The van der Waals surface area contributed by atoms with E-state index >= 15 is 0 Å². The standard InChI is InChI=1S/C11H10N2O3/c1-6(14)12-8-4-2-3-7-5-9(15)13-11(16)10(7)8/h2-4H,5H2,1H3,(H,12,14)(H,13,15,16). The maximum absolute atomic E-state index is 11.6. The second kappa shape index (κ2) is 3.77. The summed E-state index contributed by atoms with van der Waals surface area (Å²) in [5, 5.41) is 4.79. The molecule has 0 bridgehead atoms. The van der Waals surface area contributed by atoms with E-state index in [0.29, 0.717) is 16.8 Å². The third-order valence-electron chi connectivity index (χ3n) is 2.29. The number of rotatable bonds is 1. The molecule has 0 saturated carbocycles. The first-order valence-corrected chi connectivity index (χ1v) is 4.81. The van der Waals surface area contributed by atoms with Gasteiger partial charge in [-0.05, 0) is 11.6 Å². The number of hydrogen-bond acceptors (Lipinski definition) is 3. The lowest BCUT2D eigenvalue weighted by atomic mass is 9.98. The van der Waals surface area contributed by atoms with E-state index in [9.17, 15) is 14.4 Å². The first-order valence-electron chi connectivity index (χ1n) is 4.81. The van der Waals surface area contributed by atoms with Crippen LogP contribution in [-0.4, -0.2) is 17.7 Å². The number of carbonyl (C=O) groups is 3. The highest BCUT2D eigenvalue weighted by molar-refractivity contribution is 6.13. The molecular weight excluding hydrogens is 208 g/mol. The Morgan fingerprint density at radius 3 is 2.81 bits per heavy atom. The number of hydrogen-bond donors (Lipinski definition) is 2. The molecule has 3 amide bonds. The number of fused-ring (bicyclic) bond motifs is 1. The Morgan fingerprint density at radius 1 is 1.38 bits per heavy atom. The molecule has 0 radical (unpaired) electrons. The van der Waals surface area contributed by atoms with Crippen molar-refractivity contribution in [1.29, 1.82) is 0 Å². The zero-order chi connectivity index (χ0) is 11.7. The molecule has 0 atom stereocenters. The van der Waals surface area contributed by atoms with Crippen molar-refractivity contribution < 1.29 is 14.4 Å². The quantitative estimate of drug-likeness (QED) is 0.672. The van der Waals surface area contributed by atoms with E-state index in [4.69, 9.17) is 0 Å². The van der Waals surface area contributed by atoms with Crippen molar-refractivity contribution in [2.45, 2.75) is 13.3 Å². The van der Waals surface area contributed by atoms with Gasteiger partial charge in [0.1, 0.15) is 0 Å². The maximum atomic E-state index is 11.6. The van der Waals surface area contributed by atoms with Gasteiger partial charge in [-0.25, -0.2) is 0 Å². The van der Waals surface area contributed by atoms with Crippen LogP contribution in [0.4, 0.5) is 5.69 Å². The van der Waals surface area contributed by atoms with E-state index < -0.39 is 5.91 Å². The Labute approximate surface area is 91.8 Å². The minimum absolute atomic E-state index is 0.161. The molecule has 1 aromatic rings. The molecule has 1 aliphatic heterocycles. The van der Waals surface area contributed by atoms with E-state index in [1.54, 1.807) is 18.2 Å². The Bertz CT molecular complexity index is 494. The summed E-state index contributed by atoms with van der Waals surface area (Å²) in [5.41, 5.74) is 1.45. The van der Waals surface area contributed by atoms with Crippen LogP contribution in [0.3, 0.4) is 0 Å². The monoisotopic (exact) mass is 218 g/mol. The predicted octanol–water partition coefficient (Wildman–Crippen LogP) is 0.457. The van der Waals surface area contributed by atoms with Crippen molar-refractivity contribution in [3.63, 3.8) is 0 Å². The Kier molecular flexibility index (Phi) is 2.44. The molecule has 1 aliphatic rings. The highest BCUT2D eigenvalue weighted by Gasteiger charge is 2.24. The maximum Gasteiger partial charge on any atom is 0.260 e. The van der Waals surface area contributed by atoms with Crippen molar-refractivity contribution >= 4 is 23.4 Å². The predicted molar refractivity (Wildman–Crippen MR) is 56.9 cm³/mol. The van der Waals surface area contributed by atoms with Crippen molar-refractivity contribution in [2.24, 2.45) is 0 Å². The van der Waals surface area contributed by atoms with Gasteiger partial charge in [-0.3, -0.25) is 19.7 Å². The molecule has 2 N–H and O–H groups in total. The van der Waals surface area contributed by atoms with Crippen molar-refractivity contribution in [3.8, 4) is 0 Å². The molecule has 1 aromatic carbocycles. The summed E-state index contributed by atoms with van der Waals surface area (Å²) in [6, 6.07) is 5.04. The molecule has 0 saturated heterocycles. The van der Waals surface area contributed by atoms with Gasteiger partial charge in [0, 0.05) is 6.92 Å². The van der Waals surface area contributed by atoms with Crippen LogP contribution in [0.1, 0.15) is 22.8 Å². The van der Waals surface area contributed by atoms with Gasteiger partial charge in [0.05, 0.1) is 17.7 Å². The van der Waals surface area contributed by atoms with Crippen LogP contribution in [0.15, 0.2) is 18.2 Å². The second-order valence-electron chi connectivity index (χ2n) is 3.57. The van der Waals surface area contributed by atoms with Crippen LogP contribution < -0.4 is 10.6 Å². The lowest BCUT2D eigenvalue weighted by Gasteiger charge is -2.18. The molecule has 5 heteroatoms. The van der Waals surface area contributed by atoms with E-state index in [-0.39, 0.29) is 18.2 Å². The summed E-state index contributed by atoms with van der Waals surface area (Å²) in [7, 11) is 0. The highest BCUT2D eigenvalue weighted by Crippen LogP contribution is 2.23. The summed E-state index contributed by atoms with van der Waals surface area (Å²) in [6.07, 6.45) is 0.161. The van der Waals surface area contributed by atoms with Gasteiger partial charge in [0.2, 0.25) is 11.8 Å². The lowest BCUT2D eigenvalue weighted by molar-refractivity contribution is -0.119. The second-order valence-corrected chi connectivity index (χ2v) is 3.57. The lowest BCUT2D eigenvalue weighted by Crippen LogP contribution is -2.37. The topological polar surface area (TPSA) is 75.3 Å². The third kappa shape index (κ3) is 1.79. The Balaban J connectivity index is 2.50. The highest BCUT2D eigenvalue weighted by atomic mass is 16.2. The van der Waals surface area contributed by atoms with Gasteiger partial charge in [-0.15, -0.1) is 0 Å². The molecule has 0 aliphatic carbocycles. The Morgan fingerprint density at radius 2 is 2.12 bits per heavy atom. The van der Waals surface area contributed by atoms with Crippen molar-refractivity contribution in [2.75, 3.05) is 5.32 Å². The van der Waals surface area contributed by atoms with Gasteiger partial charge in [0.15, 0.2) is 0 Å². The van der Waals surface area contributed by atoms with Gasteiger partial charge >= 0.3 is 0 Å². The van der Waals surface area contributed by atoms with Crippen LogP contribution >= 0.6 is 0 Å². The summed E-state index contributed by atoms with van der Waals surface area (Å²) >= 11 is 0. The number of imide groups is 1. The smallest absolute Gasteiger partial charge is 0.260 e. The molecular formula is C11H10N2O3. The average Bonchev–Trinajstić information content (AvgIpc) is 2.15. The summed E-state index contributed by atoms with van der Waals surface area (Å²) in [6.45, 7) is 1.37. The minimum Gasteiger partial charge on any atom is -0.326 e. The van der Waals surface area contributed by atoms with Gasteiger partial charge < -0.3 is 5.32 Å². The van der Waals surface area contributed by atoms with E-state index in [0.717, 1.165) is 0 Å². The van der Waals surface area contributed by atoms with Crippen LogP contribution in [0.5, 0.6) is 0 Å². The summed E-state index contributed by atoms with van der Waals surface area (Å²) < 4.78 is 0. The van der Waals surface area contributed by atoms with Gasteiger partial charge in [-0.2, -0.15) is 0 Å². The van der Waals surface area contributed by atoms with E-state index in [2.05, 4.69) is 10.6 Å². The first kappa shape index (κ1) is 10.4. The van der Waals surface area contributed by atoms with Gasteiger partial charge in [0.25, 0.3) is 5.91 Å². The number of nitrogens with one attached hydrogen (secondary N) is 2. The van der Waals surface area contributed by atoms with Crippen LogP contribution in [0.25, 0.3) is 0 Å². The van der Waals surface area contributed by atoms with Crippen LogP contribution in [0, 0.1) is 0 Å². The summed E-state index contributed by atoms with van der Waals surface area (Å²) in [4.78, 5) is 33.7. The zero-order valence-electron chi connectivity index (χ0n) is 8.66. The molecule has 82 valence electrons. The molecule has 0 aromatic heterocycles. The molecule has 0 unspecified atom stereocenters. The van der Waals surface area contributed by atoms with Crippen molar-refractivity contribution in [1.82, 2.24) is 5.32 Å². The third-order valence-corrected chi connectivity index (χ3v) is 2.29. The number of anilines is 1. The largest absolute Gasteiger partial charge is 0.326 e. The van der Waals surface area contributed by atoms with E-state index in [1.807, 2.05) is 0 Å². The minimum atomic E-state index is -0.462. The zero-order valence-corrected chi connectivity index (χ0v) is 8.66. The molecule has 5 nitrogen and oxygen atoms in total. The fourth-order valence-corrected chi connectivity index (χ4v) is 1.72. The fraction of sp³-hybridized carbons (Fsp3) is 0.182. The summed E-state index contributed by atoms with van der Waals surface area (Å²) in [5.74, 6) is -1.04. The molecule has 16 heavy (non-hydrogen) atoms. The number of benzene rings is 1.